The minimum absolute atomic E-state index is 0.0130. The van der Waals surface area contributed by atoms with E-state index in [1.165, 1.54) is 6.33 Å². The average molecular weight is 424 g/mol. The van der Waals surface area contributed by atoms with E-state index >= 15 is 0 Å². The van der Waals surface area contributed by atoms with E-state index in [2.05, 4.69) is 20.4 Å². The van der Waals surface area contributed by atoms with Gasteiger partial charge in [-0.1, -0.05) is 25.1 Å². The SMILES string of the molecule is CC(Cn1cncn1)C(=O)NCc1ccccc1-n1ccnc1.O=C(O)C(F)(F)F. The zero-order valence-corrected chi connectivity index (χ0v) is 15.8. The number of aromatic nitrogens is 5. The Hall–Kier alpha value is -3.70. The minimum atomic E-state index is -5.08. The Morgan fingerprint density at radius 2 is 1.90 bits per heavy atom. The fraction of sp³-hybridized carbons (Fsp3) is 0.278. The topological polar surface area (TPSA) is 115 Å². The minimum Gasteiger partial charge on any atom is -0.475 e. The molecule has 1 aromatic carbocycles. The molecule has 0 saturated carbocycles. The van der Waals surface area contributed by atoms with Crippen LogP contribution in [0.4, 0.5) is 13.2 Å². The number of amides is 1. The van der Waals surface area contributed by atoms with E-state index in [0.29, 0.717) is 13.1 Å². The van der Waals surface area contributed by atoms with Gasteiger partial charge in [-0.25, -0.2) is 14.8 Å². The van der Waals surface area contributed by atoms with Crippen LogP contribution in [0.5, 0.6) is 0 Å². The smallest absolute Gasteiger partial charge is 0.475 e. The summed E-state index contributed by atoms with van der Waals surface area (Å²) in [5.74, 6) is -2.95. The fourth-order valence-electron chi connectivity index (χ4n) is 2.36. The van der Waals surface area contributed by atoms with Crippen molar-refractivity contribution in [1.82, 2.24) is 29.6 Å². The number of nitrogens with zero attached hydrogens (tertiary/aromatic N) is 5. The van der Waals surface area contributed by atoms with Crippen LogP contribution in [0.15, 0.2) is 55.6 Å². The summed E-state index contributed by atoms with van der Waals surface area (Å²) in [5, 5.41) is 14.1. The van der Waals surface area contributed by atoms with Crippen LogP contribution < -0.4 is 5.32 Å². The molecule has 0 aliphatic rings. The highest BCUT2D eigenvalue weighted by atomic mass is 19.4. The molecule has 2 heterocycles. The molecule has 0 spiro atoms. The second-order valence-electron chi connectivity index (χ2n) is 6.14. The van der Waals surface area contributed by atoms with Gasteiger partial charge in [0.2, 0.25) is 5.91 Å². The molecule has 0 radical (unpaired) electrons. The monoisotopic (exact) mass is 424 g/mol. The third kappa shape index (κ3) is 6.72. The van der Waals surface area contributed by atoms with Gasteiger partial charge in [0.25, 0.3) is 0 Å². The van der Waals surface area contributed by atoms with Gasteiger partial charge in [-0.05, 0) is 11.6 Å². The van der Waals surface area contributed by atoms with Crippen LogP contribution in [0.3, 0.4) is 0 Å². The van der Waals surface area contributed by atoms with E-state index in [-0.39, 0.29) is 11.8 Å². The summed E-state index contributed by atoms with van der Waals surface area (Å²) in [6, 6.07) is 7.93. The Labute approximate surface area is 169 Å². The van der Waals surface area contributed by atoms with E-state index in [1.807, 2.05) is 42.0 Å². The lowest BCUT2D eigenvalue weighted by Gasteiger charge is -2.14. The second-order valence-corrected chi connectivity index (χ2v) is 6.14. The molecule has 3 aromatic rings. The number of carbonyl (C=O) groups is 2. The molecular weight excluding hydrogens is 405 g/mol. The van der Waals surface area contributed by atoms with E-state index in [9.17, 15) is 18.0 Å². The van der Waals surface area contributed by atoms with E-state index in [1.54, 1.807) is 23.5 Å². The number of rotatable bonds is 6. The van der Waals surface area contributed by atoms with Gasteiger partial charge in [-0.15, -0.1) is 0 Å². The molecule has 0 saturated heterocycles. The Morgan fingerprint density at radius 1 is 1.20 bits per heavy atom. The van der Waals surface area contributed by atoms with Crippen molar-refractivity contribution in [1.29, 1.82) is 0 Å². The van der Waals surface area contributed by atoms with Gasteiger partial charge in [0, 0.05) is 18.9 Å². The number of nitrogens with one attached hydrogen (secondary N) is 1. The summed E-state index contributed by atoms with van der Waals surface area (Å²) in [6.45, 7) is 2.85. The van der Waals surface area contributed by atoms with Crippen molar-refractivity contribution < 1.29 is 27.9 Å². The van der Waals surface area contributed by atoms with Crippen LogP contribution in [0.2, 0.25) is 0 Å². The number of carboxylic acid groups (broad SMARTS) is 1. The molecule has 0 aliphatic heterocycles. The summed E-state index contributed by atoms with van der Waals surface area (Å²) >= 11 is 0. The summed E-state index contributed by atoms with van der Waals surface area (Å²) in [7, 11) is 0. The Kier molecular flexibility index (Phi) is 7.67. The Balaban J connectivity index is 0.000000396. The second kappa shape index (κ2) is 10.2. The van der Waals surface area contributed by atoms with Gasteiger partial charge in [0.15, 0.2) is 0 Å². The normalized spacial score (nSPS) is 11.9. The lowest BCUT2D eigenvalue weighted by atomic mass is 10.1. The molecule has 0 aliphatic carbocycles. The number of imidazole rings is 1. The number of aliphatic carboxylic acids is 1. The first kappa shape index (κ1) is 22.6. The molecule has 1 amide bonds. The summed E-state index contributed by atoms with van der Waals surface area (Å²) < 4.78 is 35.3. The van der Waals surface area contributed by atoms with Crippen LogP contribution in [-0.4, -0.2) is 47.5 Å². The van der Waals surface area contributed by atoms with Crippen LogP contribution in [0.25, 0.3) is 5.69 Å². The van der Waals surface area contributed by atoms with Crippen molar-refractivity contribution in [3.8, 4) is 5.69 Å². The number of hydrogen-bond acceptors (Lipinski definition) is 5. The van der Waals surface area contributed by atoms with Crippen molar-refractivity contribution >= 4 is 11.9 Å². The van der Waals surface area contributed by atoms with E-state index in [4.69, 9.17) is 9.90 Å². The maximum Gasteiger partial charge on any atom is 0.490 e. The largest absolute Gasteiger partial charge is 0.490 e. The highest BCUT2D eigenvalue weighted by Gasteiger charge is 2.38. The highest BCUT2D eigenvalue weighted by molar-refractivity contribution is 5.78. The predicted octanol–water partition coefficient (Wildman–Crippen LogP) is 2.05. The average Bonchev–Trinajstić information content (AvgIpc) is 3.40. The maximum absolute atomic E-state index is 12.2. The molecule has 0 bridgehead atoms. The Morgan fingerprint density at radius 3 is 2.47 bits per heavy atom. The van der Waals surface area contributed by atoms with Gasteiger partial charge in [0.1, 0.15) is 12.7 Å². The first-order chi connectivity index (χ1) is 14.2. The number of carbonyl (C=O) groups excluding carboxylic acids is 1. The third-order valence-electron chi connectivity index (χ3n) is 3.84. The molecule has 0 fully saturated rings. The number of hydrogen-bond donors (Lipinski definition) is 2. The summed E-state index contributed by atoms with van der Waals surface area (Å²) in [5.41, 5.74) is 2.04. The zero-order chi connectivity index (χ0) is 22.1. The number of halogens is 3. The molecule has 9 nitrogen and oxygen atoms in total. The molecule has 1 unspecified atom stereocenters. The summed E-state index contributed by atoms with van der Waals surface area (Å²) in [4.78, 5) is 29.1. The van der Waals surface area contributed by atoms with Gasteiger partial charge < -0.3 is 15.0 Å². The molecule has 30 heavy (non-hydrogen) atoms. The lowest BCUT2D eigenvalue weighted by Crippen LogP contribution is -2.31. The quantitative estimate of drug-likeness (QED) is 0.626. The fourth-order valence-corrected chi connectivity index (χ4v) is 2.36. The zero-order valence-electron chi connectivity index (χ0n) is 15.8. The standard InChI is InChI=1S/C16H18N6O.C2HF3O2/c1-13(9-22-12-18-10-20-22)16(23)19-8-14-4-2-3-5-15(14)21-7-6-17-11-21;3-2(4,5)1(6)7/h2-7,10-13H,8-9H2,1H3,(H,19,23);(H,6,7). The lowest BCUT2D eigenvalue weighted by molar-refractivity contribution is -0.192. The Bertz CT molecular complexity index is 942. The number of para-hydroxylation sites is 1. The van der Waals surface area contributed by atoms with Crippen LogP contribution in [0.1, 0.15) is 12.5 Å². The first-order valence-electron chi connectivity index (χ1n) is 8.65. The van der Waals surface area contributed by atoms with Gasteiger partial charge in [-0.3, -0.25) is 9.48 Å². The predicted molar refractivity (Wildman–Crippen MR) is 98.3 cm³/mol. The number of benzene rings is 1. The maximum atomic E-state index is 12.2. The third-order valence-corrected chi connectivity index (χ3v) is 3.84. The van der Waals surface area contributed by atoms with Crippen molar-refractivity contribution in [3.05, 3.63) is 61.2 Å². The summed E-state index contributed by atoms with van der Waals surface area (Å²) in [6.07, 6.45) is 3.35. The van der Waals surface area contributed by atoms with E-state index < -0.39 is 12.1 Å². The van der Waals surface area contributed by atoms with Crippen LogP contribution in [0, 0.1) is 5.92 Å². The molecule has 12 heteroatoms. The van der Waals surface area contributed by atoms with Crippen molar-refractivity contribution in [3.63, 3.8) is 0 Å². The van der Waals surface area contributed by atoms with Crippen molar-refractivity contribution in [2.24, 2.45) is 5.92 Å². The van der Waals surface area contributed by atoms with Crippen LogP contribution in [-0.2, 0) is 22.7 Å². The van der Waals surface area contributed by atoms with E-state index in [0.717, 1.165) is 11.3 Å². The molecule has 160 valence electrons. The molecular formula is C18H19F3N6O3. The van der Waals surface area contributed by atoms with Crippen molar-refractivity contribution in [2.75, 3.05) is 0 Å². The highest BCUT2D eigenvalue weighted by Crippen LogP contribution is 2.14. The van der Waals surface area contributed by atoms with Crippen molar-refractivity contribution in [2.45, 2.75) is 26.2 Å². The number of carboxylic acids is 1. The van der Waals surface area contributed by atoms with Gasteiger partial charge in [-0.2, -0.15) is 18.3 Å². The van der Waals surface area contributed by atoms with Crippen LogP contribution >= 0.6 is 0 Å². The molecule has 1 atom stereocenters. The molecule has 2 aromatic heterocycles. The van der Waals surface area contributed by atoms with Gasteiger partial charge in [0.05, 0.1) is 24.5 Å². The number of alkyl halides is 3. The molecule has 3 rings (SSSR count). The molecule has 2 N–H and O–H groups in total. The van der Waals surface area contributed by atoms with Gasteiger partial charge >= 0.3 is 12.1 Å². The first-order valence-corrected chi connectivity index (χ1v) is 8.65.